The number of halogens is 1. The number of benzene rings is 1. The highest BCUT2D eigenvalue weighted by molar-refractivity contribution is 5.94. The topological polar surface area (TPSA) is 61.9 Å². The van der Waals surface area contributed by atoms with Gasteiger partial charge in [-0.2, -0.15) is 0 Å². The first kappa shape index (κ1) is 20.7. The van der Waals surface area contributed by atoms with E-state index in [9.17, 15) is 9.59 Å². The van der Waals surface area contributed by atoms with Crippen LogP contribution in [0.4, 0.5) is 0 Å². The molecule has 2 heterocycles. The molecule has 144 valence electrons. The first-order valence-electron chi connectivity index (χ1n) is 9.08. The molecule has 2 amide bonds. The molecular formula is C19H28ClN3O3. The van der Waals surface area contributed by atoms with Gasteiger partial charge in [-0.05, 0) is 25.5 Å². The first-order chi connectivity index (χ1) is 12.1. The van der Waals surface area contributed by atoms with Gasteiger partial charge in [0.15, 0.2) is 0 Å². The molecule has 1 unspecified atom stereocenters. The zero-order valence-corrected chi connectivity index (χ0v) is 16.1. The smallest absolute Gasteiger partial charge is 0.253 e. The van der Waals surface area contributed by atoms with Crippen LogP contribution in [0, 0.1) is 6.92 Å². The van der Waals surface area contributed by atoms with Crippen molar-refractivity contribution in [3.63, 3.8) is 0 Å². The summed E-state index contributed by atoms with van der Waals surface area (Å²) < 4.78 is 5.42. The molecular weight excluding hydrogens is 354 g/mol. The van der Waals surface area contributed by atoms with E-state index < -0.39 is 0 Å². The highest BCUT2D eigenvalue weighted by Crippen LogP contribution is 2.12. The fraction of sp³-hybridized carbons (Fsp3) is 0.579. The van der Waals surface area contributed by atoms with Gasteiger partial charge in [-0.25, -0.2) is 0 Å². The van der Waals surface area contributed by atoms with Crippen LogP contribution in [-0.4, -0.2) is 73.6 Å². The highest BCUT2D eigenvalue weighted by Gasteiger charge is 2.25. The van der Waals surface area contributed by atoms with Crippen molar-refractivity contribution in [2.75, 3.05) is 45.9 Å². The Morgan fingerprint density at radius 1 is 1.19 bits per heavy atom. The molecule has 1 aromatic carbocycles. The summed E-state index contributed by atoms with van der Waals surface area (Å²) in [4.78, 5) is 29.0. The molecule has 0 saturated carbocycles. The number of aryl methyl sites for hydroxylation is 1. The largest absolute Gasteiger partial charge is 0.378 e. The third-order valence-corrected chi connectivity index (χ3v) is 4.82. The number of ether oxygens (including phenoxy) is 1. The van der Waals surface area contributed by atoms with Crippen molar-refractivity contribution in [3.8, 4) is 0 Å². The molecule has 1 aromatic rings. The fourth-order valence-electron chi connectivity index (χ4n) is 3.42. The van der Waals surface area contributed by atoms with E-state index in [2.05, 4.69) is 5.32 Å². The van der Waals surface area contributed by atoms with E-state index in [1.165, 1.54) is 0 Å². The van der Waals surface area contributed by atoms with Crippen LogP contribution in [0.3, 0.4) is 0 Å². The van der Waals surface area contributed by atoms with E-state index in [-0.39, 0.29) is 30.3 Å². The number of nitrogens with one attached hydrogen (secondary N) is 1. The third-order valence-electron chi connectivity index (χ3n) is 4.82. The summed E-state index contributed by atoms with van der Waals surface area (Å²) in [7, 11) is 0. The second-order valence-electron chi connectivity index (χ2n) is 6.83. The zero-order chi connectivity index (χ0) is 17.6. The van der Waals surface area contributed by atoms with E-state index in [0.717, 1.165) is 24.1 Å². The zero-order valence-electron chi connectivity index (χ0n) is 15.3. The Kier molecular flexibility index (Phi) is 7.87. The summed E-state index contributed by atoms with van der Waals surface area (Å²) in [5.74, 6) is 0.202. The maximum atomic E-state index is 12.7. The molecule has 2 fully saturated rings. The molecule has 26 heavy (non-hydrogen) atoms. The molecule has 1 N–H and O–H groups in total. The second-order valence-corrected chi connectivity index (χ2v) is 6.83. The second kappa shape index (κ2) is 9.90. The summed E-state index contributed by atoms with van der Waals surface area (Å²) in [5.41, 5.74) is 1.81. The molecule has 0 spiro atoms. The number of morpholine rings is 1. The normalized spacial score (nSPS) is 20.9. The van der Waals surface area contributed by atoms with Gasteiger partial charge in [-0.15, -0.1) is 12.4 Å². The van der Waals surface area contributed by atoms with Gasteiger partial charge in [-0.3, -0.25) is 9.59 Å². The lowest BCUT2D eigenvalue weighted by atomic mass is 10.1. The van der Waals surface area contributed by atoms with Crippen LogP contribution in [-0.2, 0) is 9.53 Å². The third kappa shape index (κ3) is 5.43. The number of amides is 2. The predicted octanol–water partition coefficient (Wildman–Crippen LogP) is 1.47. The van der Waals surface area contributed by atoms with Crippen LogP contribution in [0.5, 0.6) is 0 Å². The number of hydrogen-bond donors (Lipinski definition) is 1. The van der Waals surface area contributed by atoms with E-state index in [0.29, 0.717) is 45.8 Å². The Bertz CT molecular complexity index is 620. The van der Waals surface area contributed by atoms with Crippen LogP contribution in [0.2, 0.25) is 0 Å². The van der Waals surface area contributed by atoms with E-state index in [1.807, 2.05) is 41.0 Å². The molecule has 6 nitrogen and oxygen atoms in total. The molecule has 0 aliphatic carbocycles. The molecule has 0 aromatic heterocycles. The van der Waals surface area contributed by atoms with Crippen LogP contribution in [0.25, 0.3) is 0 Å². The van der Waals surface area contributed by atoms with Crippen molar-refractivity contribution in [2.24, 2.45) is 0 Å². The van der Waals surface area contributed by atoms with Crippen molar-refractivity contribution >= 4 is 24.2 Å². The van der Waals surface area contributed by atoms with Gasteiger partial charge in [-0.1, -0.05) is 17.7 Å². The Morgan fingerprint density at radius 2 is 1.96 bits per heavy atom. The van der Waals surface area contributed by atoms with Gasteiger partial charge in [0.05, 0.1) is 13.2 Å². The summed E-state index contributed by atoms with van der Waals surface area (Å²) in [5, 5.41) is 3.32. The molecule has 2 saturated heterocycles. The Balaban J connectivity index is 0.00000243. The van der Waals surface area contributed by atoms with Crippen LogP contribution < -0.4 is 5.32 Å². The number of hydrogen-bond acceptors (Lipinski definition) is 4. The van der Waals surface area contributed by atoms with E-state index >= 15 is 0 Å². The van der Waals surface area contributed by atoms with Crippen molar-refractivity contribution in [1.29, 1.82) is 0 Å². The first-order valence-corrected chi connectivity index (χ1v) is 9.08. The van der Waals surface area contributed by atoms with Gasteiger partial charge in [0.1, 0.15) is 0 Å². The lowest BCUT2D eigenvalue weighted by molar-refractivity contribution is -0.132. The molecule has 1 atom stereocenters. The number of carbonyl (C=O) groups is 2. The number of carbonyl (C=O) groups excluding carboxylic acids is 2. The van der Waals surface area contributed by atoms with Crippen molar-refractivity contribution in [2.45, 2.75) is 25.8 Å². The summed E-state index contributed by atoms with van der Waals surface area (Å²) >= 11 is 0. The van der Waals surface area contributed by atoms with Gasteiger partial charge in [0, 0.05) is 50.7 Å². The Hall–Kier alpha value is -1.63. The standard InChI is InChI=1S/C19H27N3O3.ClH/c1-15-4-2-5-16(12-15)19(24)22-8-3-7-21(9-10-22)18(23)13-17-14-25-11-6-20-17;/h2,4-5,12,17,20H,3,6-11,13-14H2,1H3;1H. The molecule has 2 aliphatic rings. The number of nitrogens with zero attached hydrogens (tertiary/aromatic N) is 2. The molecule has 2 aliphatic heterocycles. The van der Waals surface area contributed by atoms with Crippen molar-refractivity contribution in [3.05, 3.63) is 35.4 Å². The Labute approximate surface area is 161 Å². The quantitative estimate of drug-likeness (QED) is 0.861. The van der Waals surface area contributed by atoms with Gasteiger partial charge in [0.25, 0.3) is 5.91 Å². The Morgan fingerprint density at radius 3 is 2.69 bits per heavy atom. The minimum Gasteiger partial charge on any atom is -0.378 e. The lowest BCUT2D eigenvalue weighted by Crippen LogP contribution is -2.45. The average Bonchev–Trinajstić information content (AvgIpc) is 2.88. The van der Waals surface area contributed by atoms with Gasteiger partial charge in [0.2, 0.25) is 5.91 Å². The van der Waals surface area contributed by atoms with Gasteiger partial charge >= 0.3 is 0 Å². The van der Waals surface area contributed by atoms with Crippen molar-refractivity contribution in [1.82, 2.24) is 15.1 Å². The van der Waals surface area contributed by atoms with Crippen molar-refractivity contribution < 1.29 is 14.3 Å². The van der Waals surface area contributed by atoms with Gasteiger partial charge < -0.3 is 19.9 Å². The summed E-state index contributed by atoms with van der Waals surface area (Å²) in [6.07, 6.45) is 1.28. The minimum atomic E-state index is 0. The van der Waals surface area contributed by atoms with Crippen LogP contribution in [0.15, 0.2) is 24.3 Å². The highest BCUT2D eigenvalue weighted by atomic mass is 35.5. The van der Waals surface area contributed by atoms with E-state index in [4.69, 9.17) is 4.74 Å². The van der Waals surface area contributed by atoms with Crippen LogP contribution in [0.1, 0.15) is 28.8 Å². The average molecular weight is 382 g/mol. The number of rotatable bonds is 3. The SMILES string of the molecule is Cc1cccc(C(=O)N2CCCN(C(=O)CC3COCCN3)CC2)c1.Cl. The maximum Gasteiger partial charge on any atom is 0.253 e. The molecule has 0 radical (unpaired) electrons. The monoisotopic (exact) mass is 381 g/mol. The molecule has 7 heteroatoms. The van der Waals surface area contributed by atoms with Crippen LogP contribution >= 0.6 is 12.4 Å². The summed E-state index contributed by atoms with van der Waals surface area (Å²) in [6, 6.07) is 7.79. The summed E-state index contributed by atoms with van der Waals surface area (Å²) in [6.45, 7) is 6.70. The predicted molar refractivity (Wildman–Crippen MR) is 103 cm³/mol. The molecule has 3 rings (SSSR count). The maximum absolute atomic E-state index is 12.7. The molecule has 0 bridgehead atoms. The van der Waals surface area contributed by atoms with E-state index in [1.54, 1.807) is 0 Å². The fourth-order valence-corrected chi connectivity index (χ4v) is 3.42. The lowest BCUT2D eigenvalue weighted by Gasteiger charge is -2.27. The minimum absolute atomic E-state index is 0.